The molecule has 1 amide bonds. The van der Waals surface area contributed by atoms with Gasteiger partial charge in [-0.3, -0.25) is 14.9 Å². The zero-order valence-corrected chi connectivity index (χ0v) is 14.4. The van der Waals surface area contributed by atoms with E-state index in [-0.39, 0.29) is 29.4 Å². The maximum absolute atomic E-state index is 12.2. The second kappa shape index (κ2) is 8.94. The molecule has 10 heteroatoms. The van der Waals surface area contributed by atoms with Gasteiger partial charge in [0.2, 0.25) is 0 Å². The summed E-state index contributed by atoms with van der Waals surface area (Å²) in [5, 5.41) is 15.7. The second-order valence-corrected chi connectivity index (χ2v) is 5.66. The highest BCUT2D eigenvalue weighted by molar-refractivity contribution is 7.07. The molecule has 1 heterocycles. The zero-order chi connectivity index (χ0) is 18.2. The van der Waals surface area contributed by atoms with E-state index in [1.807, 2.05) is 0 Å². The Morgan fingerprint density at radius 2 is 2.24 bits per heavy atom. The molecular formula is C15H18N4O5S. The molecule has 0 saturated heterocycles. The van der Waals surface area contributed by atoms with Crippen molar-refractivity contribution in [3.63, 3.8) is 0 Å². The number of methoxy groups -OCH3 is 1. The Kier molecular flexibility index (Phi) is 6.66. The number of carbonyl (C=O) groups excluding carboxylic acids is 1. The average Bonchev–Trinajstić information content (AvgIpc) is 3.12. The van der Waals surface area contributed by atoms with Crippen molar-refractivity contribution >= 4 is 22.9 Å². The van der Waals surface area contributed by atoms with E-state index in [4.69, 9.17) is 15.2 Å². The van der Waals surface area contributed by atoms with Crippen molar-refractivity contribution in [2.24, 2.45) is 5.73 Å². The van der Waals surface area contributed by atoms with Gasteiger partial charge in [0.05, 0.1) is 29.3 Å². The molecule has 1 aromatic heterocycles. The number of hydrogen-bond donors (Lipinski definition) is 2. The van der Waals surface area contributed by atoms with Crippen LogP contribution in [-0.2, 0) is 6.61 Å². The largest absolute Gasteiger partial charge is 0.493 e. The minimum Gasteiger partial charge on any atom is -0.493 e. The second-order valence-electron chi connectivity index (χ2n) is 4.94. The Balaban J connectivity index is 2.27. The molecule has 0 bridgehead atoms. The quantitative estimate of drug-likeness (QED) is 0.392. The maximum Gasteiger partial charge on any atom is 0.286 e. The van der Waals surface area contributed by atoms with Crippen LogP contribution in [-0.4, -0.2) is 36.0 Å². The zero-order valence-electron chi connectivity index (χ0n) is 13.6. The molecule has 2 rings (SSSR count). The van der Waals surface area contributed by atoms with Gasteiger partial charge in [-0.25, -0.2) is 4.98 Å². The first kappa shape index (κ1) is 18.6. The molecule has 0 radical (unpaired) electrons. The molecule has 0 saturated carbocycles. The molecule has 134 valence electrons. The Bertz CT molecular complexity index is 736. The fraction of sp³-hybridized carbons (Fsp3) is 0.333. The highest BCUT2D eigenvalue weighted by atomic mass is 32.1. The summed E-state index contributed by atoms with van der Waals surface area (Å²) >= 11 is 1.42. The molecule has 9 nitrogen and oxygen atoms in total. The summed E-state index contributed by atoms with van der Waals surface area (Å²) in [5.41, 5.74) is 7.26. The van der Waals surface area contributed by atoms with Gasteiger partial charge < -0.3 is 20.5 Å². The normalized spacial score (nSPS) is 10.3. The predicted octanol–water partition coefficient (Wildman–Crippen LogP) is 1.72. The molecule has 0 spiro atoms. The fourth-order valence-electron chi connectivity index (χ4n) is 2.01. The van der Waals surface area contributed by atoms with Gasteiger partial charge in [-0.1, -0.05) is 0 Å². The SMILES string of the molecule is COc1cc(C(=O)NCCCN)c([N+](=O)[O-])cc1OCc1cscn1. The van der Waals surface area contributed by atoms with Gasteiger partial charge in [0.1, 0.15) is 12.2 Å². The van der Waals surface area contributed by atoms with E-state index < -0.39 is 10.8 Å². The molecule has 0 unspecified atom stereocenters. The Hall–Kier alpha value is -2.72. The Morgan fingerprint density at radius 1 is 1.44 bits per heavy atom. The molecule has 0 atom stereocenters. The molecule has 0 fully saturated rings. The number of hydrogen-bond acceptors (Lipinski definition) is 8. The number of thiazole rings is 1. The van der Waals surface area contributed by atoms with Crippen molar-refractivity contribution in [2.75, 3.05) is 20.2 Å². The van der Waals surface area contributed by atoms with Crippen LogP contribution in [0.3, 0.4) is 0 Å². The van der Waals surface area contributed by atoms with E-state index in [2.05, 4.69) is 10.3 Å². The lowest BCUT2D eigenvalue weighted by Crippen LogP contribution is -2.26. The molecule has 2 aromatic rings. The number of aromatic nitrogens is 1. The molecule has 0 aliphatic heterocycles. The number of carbonyl (C=O) groups is 1. The van der Waals surface area contributed by atoms with Gasteiger partial charge in [-0.15, -0.1) is 11.3 Å². The maximum atomic E-state index is 12.2. The summed E-state index contributed by atoms with van der Waals surface area (Å²) in [6, 6.07) is 2.48. The summed E-state index contributed by atoms with van der Waals surface area (Å²) in [6.07, 6.45) is 0.575. The van der Waals surface area contributed by atoms with Gasteiger partial charge in [0, 0.05) is 18.0 Å². The smallest absolute Gasteiger partial charge is 0.286 e. The highest BCUT2D eigenvalue weighted by Gasteiger charge is 2.24. The number of nitro groups is 1. The summed E-state index contributed by atoms with van der Waals surface area (Å²) in [7, 11) is 1.40. The molecule has 0 aliphatic rings. The van der Waals surface area contributed by atoms with Crippen LogP contribution in [0.25, 0.3) is 0 Å². The summed E-state index contributed by atoms with van der Waals surface area (Å²) in [6.45, 7) is 0.880. The lowest BCUT2D eigenvalue weighted by atomic mass is 10.1. The number of benzene rings is 1. The first-order chi connectivity index (χ1) is 12.1. The first-order valence-corrected chi connectivity index (χ1v) is 8.35. The van der Waals surface area contributed by atoms with E-state index in [1.54, 1.807) is 10.9 Å². The average molecular weight is 366 g/mol. The predicted molar refractivity (Wildman–Crippen MR) is 92.1 cm³/mol. The summed E-state index contributed by atoms with van der Waals surface area (Å²) in [4.78, 5) is 27.0. The third kappa shape index (κ3) is 4.88. The lowest BCUT2D eigenvalue weighted by molar-refractivity contribution is -0.385. The van der Waals surface area contributed by atoms with Crippen molar-refractivity contribution in [3.05, 3.63) is 44.4 Å². The van der Waals surface area contributed by atoms with Crippen LogP contribution >= 0.6 is 11.3 Å². The van der Waals surface area contributed by atoms with Crippen molar-refractivity contribution in [2.45, 2.75) is 13.0 Å². The number of nitrogens with zero attached hydrogens (tertiary/aromatic N) is 2. The van der Waals surface area contributed by atoms with Gasteiger partial charge in [0.25, 0.3) is 11.6 Å². The number of nitro benzene ring substituents is 1. The van der Waals surface area contributed by atoms with Crippen LogP contribution in [0.5, 0.6) is 11.5 Å². The number of amides is 1. The third-order valence-electron chi connectivity index (χ3n) is 3.25. The summed E-state index contributed by atoms with van der Waals surface area (Å²) < 4.78 is 10.8. The van der Waals surface area contributed by atoms with Gasteiger partial charge >= 0.3 is 0 Å². The van der Waals surface area contributed by atoms with Gasteiger partial charge in [-0.05, 0) is 13.0 Å². The van der Waals surface area contributed by atoms with Crippen molar-refractivity contribution in [1.82, 2.24) is 10.3 Å². The van der Waals surface area contributed by atoms with E-state index in [0.717, 1.165) is 0 Å². The van der Waals surface area contributed by atoms with Crippen LogP contribution in [0.4, 0.5) is 5.69 Å². The third-order valence-corrected chi connectivity index (χ3v) is 3.88. The van der Waals surface area contributed by atoms with Crippen molar-refractivity contribution < 1.29 is 19.2 Å². The number of ether oxygens (including phenoxy) is 2. The molecule has 0 aliphatic carbocycles. The first-order valence-electron chi connectivity index (χ1n) is 7.41. The van der Waals surface area contributed by atoms with Crippen molar-refractivity contribution in [1.29, 1.82) is 0 Å². The monoisotopic (exact) mass is 366 g/mol. The van der Waals surface area contributed by atoms with Gasteiger partial charge in [0.15, 0.2) is 11.5 Å². The Labute approximate surface area is 147 Å². The standard InChI is InChI=1S/C15H18N4O5S/c1-23-13-5-11(15(20)17-4-2-3-16)12(19(21)22)6-14(13)24-7-10-8-25-9-18-10/h5-6,8-9H,2-4,7,16H2,1H3,(H,17,20). The van der Waals surface area contributed by atoms with Crippen LogP contribution < -0.4 is 20.5 Å². The molecule has 25 heavy (non-hydrogen) atoms. The number of nitrogens with two attached hydrogens (primary N) is 1. The van der Waals surface area contributed by atoms with E-state index in [9.17, 15) is 14.9 Å². The fourth-order valence-corrected chi connectivity index (χ4v) is 2.56. The van der Waals surface area contributed by atoms with Gasteiger partial charge in [-0.2, -0.15) is 0 Å². The van der Waals surface area contributed by atoms with Crippen LogP contribution in [0, 0.1) is 10.1 Å². The summed E-state index contributed by atoms with van der Waals surface area (Å²) in [5.74, 6) is -0.171. The Morgan fingerprint density at radius 3 is 2.84 bits per heavy atom. The minimum absolute atomic E-state index is 0.0973. The molecule has 1 aromatic carbocycles. The number of rotatable bonds is 9. The van der Waals surface area contributed by atoms with E-state index in [1.165, 1.54) is 30.6 Å². The van der Waals surface area contributed by atoms with Crippen LogP contribution in [0.2, 0.25) is 0 Å². The van der Waals surface area contributed by atoms with Crippen LogP contribution in [0.15, 0.2) is 23.0 Å². The van der Waals surface area contributed by atoms with Crippen molar-refractivity contribution in [3.8, 4) is 11.5 Å². The molecular weight excluding hydrogens is 348 g/mol. The molecule has 3 N–H and O–H groups in total. The number of nitrogens with one attached hydrogen (secondary N) is 1. The topological polar surface area (TPSA) is 130 Å². The van der Waals surface area contributed by atoms with E-state index in [0.29, 0.717) is 25.2 Å². The highest BCUT2D eigenvalue weighted by Crippen LogP contribution is 2.35. The van der Waals surface area contributed by atoms with E-state index >= 15 is 0 Å². The lowest BCUT2D eigenvalue weighted by Gasteiger charge is -2.12. The van der Waals surface area contributed by atoms with Crippen LogP contribution in [0.1, 0.15) is 22.5 Å². The minimum atomic E-state index is -0.632.